The zero-order chi connectivity index (χ0) is 23.3. The van der Waals surface area contributed by atoms with Crippen LogP contribution in [0.2, 0.25) is 0 Å². The summed E-state index contributed by atoms with van der Waals surface area (Å²) in [7, 11) is -2.60. The van der Waals surface area contributed by atoms with E-state index in [1.807, 2.05) is 19.1 Å². The van der Waals surface area contributed by atoms with Crippen molar-refractivity contribution < 1.29 is 41.2 Å². The molecule has 0 aliphatic carbocycles. The zero-order valence-corrected chi connectivity index (χ0v) is 18.6. The highest BCUT2D eigenvalue weighted by Crippen LogP contribution is 2.53. The first-order valence-electron chi connectivity index (χ1n) is 10.1. The summed E-state index contributed by atoms with van der Waals surface area (Å²) in [6.45, 7) is 3.13. The SMILES string of the molecule is CCOC1c2cc3c(cc2-c2ccc4c5c(ccc4c2N1C)OCO5)OCO3.O=S(=O)(O)O. The van der Waals surface area contributed by atoms with Crippen molar-refractivity contribution in [2.45, 2.75) is 13.2 Å². The normalized spacial score (nSPS) is 17.3. The highest BCUT2D eigenvalue weighted by atomic mass is 32.3. The van der Waals surface area contributed by atoms with Gasteiger partial charge in [-0.3, -0.25) is 9.11 Å². The maximum Gasteiger partial charge on any atom is 0.394 e. The molecular weight excluding hydrogens is 454 g/mol. The van der Waals surface area contributed by atoms with E-state index < -0.39 is 10.4 Å². The van der Waals surface area contributed by atoms with Gasteiger partial charge in [0.1, 0.15) is 0 Å². The molecule has 0 bridgehead atoms. The number of ether oxygens (including phenoxy) is 5. The second kappa shape index (κ2) is 7.96. The number of anilines is 1. The molecule has 10 nitrogen and oxygen atoms in total. The van der Waals surface area contributed by atoms with Gasteiger partial charge in [0, 0.05) is 35.6 Å². The first kappa shape index (κ1) is 21.6. The predicted molar refractivity (Wildman–Crippen MR) is 119 cm³/mol. The van der Waals surface area contributed by atoms with Gasteiger partial charge in [0.2, 0.25) is 13.6 Å². The van der Waals surface area contributed by atoms with Crippen LogP contribution in [0, 0.1) is 0 Å². The van der Waals surface area contributed by atoms with Crippen LogP contribution in [0.1, 0.15) is 18.7 Å². The van der Waals surface area contributed by atoms with E-state index in [9.17, 15) is 0 Å². The summed E-state index contributed by atoms with van der Waals surface area (Å²) in [5, 5.41) is 2.15. The molecule has 0 saturated carbocycles. The van der Waals surface area contributed by atoms with E-state index in [0.717, 1.165) is 56.1 Å². The molecule has 0 aromatic heterocycles. The Morgan fingerprint density at radius 3 is 2.30 bits per heavy atom. The van der Waals surface area contributed by atoms with Crippen molar-refractivity contribution in [2.75, 3.05) is 32.1 Å². The van der Waals surface area contributed by atoms with Gasteiger partial charge in [-0.1, -0.05) is 6.07 Å². The molecule has 3 aliphatic heterocycles. The Labute approximate surface area is 189 Å². The van der Waals surface area contributed by atoms with Gasteiger partial charge in [0.05, 0.1) is 5.69 Å². The van der Waals surface area contributed by atoms with Crippen LogP contribution < -0.4 is 23.8 Å². The molecule has 174 valence electrons. The van der Waals surface area contributed by atoms with E-state index in [1.165, 1.54) is 0 Å². The number of hydrogen-bond acceptors (Lipinski definition) is 8. The maximum absolute atomic E-state index is 8.74. The number of hydrogen-bond donors (Lipinski definition) is 2. The smallest absolute Gasteiger partial charge is 0.394 e. The lowest BCUT2D eigenvalue weighted by Gasteiger charge is -2.38. The topological polar surface area (TPSA) is 124 Å². The lowest BCUT2D eigenvalue weighted by molar-refractivity contribution is 0.0628. The van der Waals surface area contributed by atoms with Gasteiger partial charge in [0.25, 0.3) is 0 Å². The molecule has 0 amide bonds. The van der Waals surface area contributed by atoms with E-state index in [4.69, 9.17) is 41.2 Å². The first-order valence-corrected chi connectivity index (χ1v) is 11.5. The number of nitrogens with zero attached hydrogens (tertiary/aromatic N) is 1. The van der Waals surface area contributed by atoms with Gasteiger partial charge in [-0.15, -0.1) is 0 Å². The fourth-order valence-corrected chi connectivity index (χ4v) is 4.43. The van der Waals surface area contributed by atoms with Crippen molar-refractivity contribution in [3.05, 3.63) is 42.0 Å². The molecule has 2 N–H and O–H groups in total. The molecule has 1 unspecified atom stereocenters. The average Bonchev–Trinajstić information content (AvgIpc) is 3.42. The highest BCUT2D eigenvalue weighted by molar-refractivity contribution is 7.79. The van der Waals surface area contributed by atoms with Gasteiger partial charge >= 0.3 is 10.4 Å². The lowest BCUT2D eigenvalue weighted by Crippen LogP contribution is -2.30. The molecule has 0 radical (unpaired) electrons. The molecule has 0 fully saturated rings. The van der Waals surface area contributed by atoms with Crippen molar-refractivity contribution in [3.8, 4) is 34.1 Å². The van der Waals surface area contributed by atoms with E-state index in [-0.39, 0.29) is 19.8 Å². The molecular formula is C22H21NO9S. The second-order valence-electron chi connectivity index (χ2n) is 7.52. The number of rotatable bonds is 2. The molecule has 0 saturated heterocycles. The van der Waals surface area contributed by atoms with Crippen LogP contribution in [0.4, 0.5) is 5.69 Å². The molecule has 3 aromatic rings. The molecule has 6 rings (SSSR count). The molecule has 11 heteroatoms. The van der Waals surface area contributed by atoms with Crippen molar-refractivity contribution in [1.82, 2.24) is 0 Å². The van der Waals surface area contributed by atoms with Crippen molar-refractivity contribution in [2.24, 2.45) is 0 Å². The third-order valence-electron chi connectivity index (χ3n) is 5.63. The van der Waals surface area contributed by atoms with E-state index in [2.05, 4.69) is 36.2 Å². The molecule has 33 heavy (non-hydrogen) atoms. The Morgan fingerprint density at radius 1 is 0.939 bits per heavy atom. The zero-order valence-electron chi connectivity index (χ0n) is 17.8. The Morgan fingerprint density at radius 2 is 1.58 bits per heavy atom. The summed E-state index contributed by atoms with van der Waals surface area (Å²) in [6, 6.07) is 12.4. The molecule has 1 atom stereocenters. The van der Waals surface area contributed by atoms with Crippen LogP contribution in [0.25, 0.3) is 21.9 Å². The summed E-state index contributed by atoms with van der Waals surface area (Å²) < 4.78 is 60.3. The Hall–Kier alpha value is -3.25. The lowest BCUT2D eigenvalue weighted by atomic mass is 9.89. The fourth-order valence-electron chi connectivity index (χ4n) is 4.43. The minimum absolute atomic E-state index is 0.210. The largest absolute Gasteiger partial charge is 0.454 e. The first-order chi connectivity index (χ1) is 15.8. The standard InChI is InChI=1S/C22H19NO5.H2O4S/c1-3-24-22-16-9-19-18(26-10-27-19)8-15(16)13-4-5-14-12(20(13)23(22)2)6-7-17-21(14)28-11-25-17;1-5(2,3)4/h4-9,22H,3,10-11H2,1-2H3;(H2,1,2,3,4). The molecule has 3 heterocycles. The monoisotopic (exact) mass is 475 g/mol. The Kier molecular flexibility index (Phi) is 5.20. The highest BCUT2D eigenvalue weighted by Gasteiger charge is 2.34. The van der Waals surface area contributed by atoms with Crippen LogP contribution in [-0.4, -0.2) is 44.8 Å². The quantitative estimate of drug-likeness (QED) is 0.529. The number of fused-ring (bicyclic) bond motifs is 8. The van der Waals surface area contributed by atoms with Crippen LogP contribution in [0.15, 0.2) is 36.4 Å². The minimum atomic E-state index is -4.67. The van der Waals surface area contributed by atoms with E-state index >= 15 is 0 Å². The van der Waals surface area contributed by atoms with Crippen LogP contribution >= 0.6 is 0 Å². The minimum Gasteiger partial charge on any atom is -0.454 e. The van der Waals surface area contributed by atoms with Crippen LogP contribution in [-0.2, 0) is 15.1 Å². The van der Waals surface area contributed by atoms with Crippen molar-refractivity contribution in [1.29, 1.82) is 0 Å². The summed E-state index contributed by atoms with van der Waals surface area (Å²) in [5.41, 5.74) is 4.44. The van der Waals surface area contributed by atoms with Crippen LogP contribution in [0.3, 0.4) is 0 Å². The summed E-state index contributed by atoms with van der Waals surface area (Å²) in [4.78, 5) is 2.19. The predicted octanol–water partition coefficient (Wildman–Crippen LogP) is 3.80. The van der Waals surface area contributed by atoms with Gasteiger partial charge in [0.15, 0.2) is 29.2 Å². The Bertz CT molecular complexity index is 1350. The maximum atomic E-state index is 8.74. The average molecular weight is 475 g/mol. The summed E-state index contributed by atoms with van der Waals surface area (Å²) in [6.07, 6.45) is -0.210. The van der Waals surface area contributed by atoms with E-state index in [1.54, 1.807) is 0 Å². The third-order valence-corrected chi connectivity index (χ3v) is 5.63. The summed E-state index contributed by atoms with van der Waals surface area (Å²) in [5.74, 6) is 3.13. The van der Waals surface area contributed by atoms with Gasteiger partial charge in [-0.25, -0.2) is 0 Å². The fraction of sp³-hybridized carbons (Fsp3) is 0.273. The molecule has 0 spiro atoms. The van der Waals surface area contributed by atoms with Crippen molar-refractivity contribution >= 4 is 26.9 Å². The third kappa shape index (κ3) is 3.78. The molecule has 3 aliphatic rings. The van der Waals surface area contributed by atoms with Gasteiger partial charge < -0.3 is 28.6 Å². The van der Waals surface area contributed by atoms with E-state index in [0.29, 0.717) is 6.61 Å². The Balaban J connectivity index is 0.000000416. The second-order valence-corrected chi connectivity index (χ2v) is 8.41. The number of benzene rings is 3. The van der Waals surface area contributed by atoms with Crippen molar-refractivity contribution in [3.63, 3.8) is 0 Å². The van der Waals surface area contributed by atoms with Crippen LogP contribution in [0.5, 0.6) is 23.0 Å². The van der Waals surface area contributed by atoms with Gasteiger partial charge in [-0.05, 0) is 42.8 Å². The molecule has 3 aromatic carbocycles. The summed E-state index contributed by atoms with van der Waals surface area (Å²) >= 11 is 0. The van der Waals surface area contributed by atoms with Gasteiger partial charge in [-0.2, -0.15) is 8.42 Å².